The second kappa shape index (κ2) is 6.20. The number of rotatable bonds is 2. The Morgan fingerprint density at radius 3 is 2.93 bits per heavy atom. The van der Waals surface area contributed by atoms with E-state index >= 15 is 0 Å². The van der Waals surface area contributed by atoms with Gasteiger partial charge in [-0.25, -0.2) is 9.37 Å². The summed E-state index contributed by atoms with van der Waals surface area (Å²) >= 11 is 1.27. The Balaban J connectivity index is 1.49. The van der Waals surface area contributed by atoms with Gasteiger partial charge in [0, 0.05) is 24.7 Å². The molecule has 5 rings (SSSR count). The molecule has 3 aromatic heterocycles. The van der Waals surface area contributed by atoms with Crippen LogP contribution in [0, 0.1) is 12.7 Å². The van der Waals surface area contributed by atoms with Crippen molar-refractivity contribution in [2.45, 2.75) is 26.4 Å². The zero-order valence-electron chi connectivity index (χ0n) is 15.2. The molecule has 4 heterocycles. The molecule has 0 radical (unpaired) electrons. The van der Waals surface area contributed by atoms with E-state index in [1.165, 1.54) is 17.6 Å². The molecule has 28 heavy (non-hydrogen) atoms. The van der Waals surface area contributed by atoms with E-state index in [0.29, 0.717) is 41.1 Å². The van der Waals surface area contributed by atoms with Crippen LogP contribution in [0.2, 0.25) is 0 Å². The first kappa shape index (κ1) is 17.0. The average Bonchev–Trinajstić information content (AvgIpc) is 3.41. The molecule has 8 nitrogen and oxygen atoms in total. The zero-order valence-corrected chi connectivity index (χ0v) is 16.0. The summed E-state index contributed by atoms with van der Waals surface area (Å²) in [5.74, 6) is 1.11. The normalized spacial score (nSPS) is 16.5. The lowest BCUT2D eigenvalue weighted by molar-refractivity contribution is 0.0634. The summed E-state index contributed by atoms with van der Waals surface area (Å²) in [7, 11) is 0. The number of nitrogens with one attached hydrogen (secondary N) is 1. The molecule has 142 valence electrons. The van der Waals surface area contributed by atoms with E-state index in [-0.39, 0.29) is 17.5 Å². The number of carbonyl (C=O) groups is 1. The van der Waals surface area contributed by atoms with Gasteiger partial charge in [0.15, 0.2) is 22.5 Å². The first-order chi connectivity index (χ1) is 13.5. The first-order valence-corrected chi connectivity index (χ1v) is 9.62. The van der Waals surface area contributed by atoms with E-state index in [1.807, 2.05) is 18.4 Å². The maximum atomic E-state index is 14.8. The number of amides is 1. The molecule has 0 saturated heterocycles. The molecule has 0 aliphatic carbocycles. The van der Waals surface area contributed by atoms with Crippen molar-refractivity contribution < 1.29 is 9.18 Å². The summed E-state index contributed by atoms with van der Waals surface area (Å²) in [5, 5.41) is 9.96. The lowest BCUT2D eigenvalue weighted by atomic mass is 10.1. The lowest BCUT2D eigenvalue weighted by Crippen LogP contribution is -2.41. The number of nitrogens with zero attached hydrogens (tertiary/aromatic N) is 6. The Hall–Kier alpha value is -3.14. The fourth-order valence-corrected chi connectivity index (χ4v) is 4.29. The van der Waals surface area contributed by atoms with Crippen LogP contribution in [0.1, 0.15) is 35.0 Å². The van der Waals surface area contributed by atoms with Crippen LogP contribution in [0.3, 0.4) is 0 Å². The second-order valence-electron chi connectivity index (χ2n) is 6.72. The van der Waals surface area contributed by atoms with Crippen molar-refractivity contribution in [1.82, 2.24) is 34.0 Å². The van der Waals surface area contributed by atoms with Gasteiger partial charge in [-0.15, -0.1) is 10.2 Å². The average molecular weight is 397 g/mol. The highest BCUT2D eigenvalue weighted by Gasteiger charge is 2.33. The third-order valence-electron chi connectivity index (χ3n) is 5.06. The Morgan fingerprint density at radius 1 is 1.29 bits per heavy atom. The minimum absolute atomic E-state index is 0.0507. The van der Waals surface area contributed by atoms with Crippen molar-refractivity contribution in [3.05, 3.63) is 47.4 Å². The molecule has 1 amide bonds. The monoisotopic (exact) mass is 397 g/mol. The standard InChI is InChI=1S/C18H16FN7OS/c1-9-15-22-23-16(17-21-10(2)24-28-17)26(15)8-7-25(9)18(27)12-4-3-11-5-6-20-14(11)13(12)19/h3-6,9,20H,7-8H2,1-2H3/t9-/m1/s1. The molecule has 0 unspecified atom stereocenters. The Kier molecular flexibility index (Phi) is 3.76. The Labute approximate surface area is 163 Å². The number of hydrogen-bond donors (Lipinski definition) is 1. The molecule has 0 saturated carbocycles. The van der Waals surface area contributed by atoms with Gasteiger partial charge in [0.1, 0.15) is 5.82 Å². The predicted molar refractivity (Wildman–Crippen MR) is 101 cm³/mol. The number of carbonyl (C=O) groups excluding carboxylic acids is 1. The largest absolute Gasteiger partial charge is 0.359 e. The van der Waals surface area contributed by atoms with E-state index in [2.05, 4.69) is 24.5 Å². The lowest BCUT2D eigenvalue weighted by Gasteiger charge is -2.33. The van der Waals surface area contributed by atoms with Crippen LogP contribution in [-0.4, -0.2) is 46.5 Å². The van der Waals surface area contributed by atoms with Crippen molar-refractivity contribution in [1.29, 1.82) is 0 Å². The molecule has 1 aromatic carbocycles. The summed E-state index contributed by atoms with van der Waals surface area (Å²) in [6.45, 7) is 4.64. The first-order valence-electron chi connectivity index (χ1n) is 8.85. The molecule has 0 bridgehead atoms. The molecule has 1 aliphatic heterocycles. The fourth-order valence-electron chi connectivity index (χ4n) is 3.62. The maximum absolute atomic E-state index is 14.8. The van der Waals surface area contributed by atoms with Crippen molar-refractivity contribution in [3.8, 4) is 10.8 Å². The zero-order chi connectivity index (χ0) is 19.4. The smallest absolute Gasteiger partial charge is 0.257 e. The van der Waals surface area contributed by atoms with Crippen LogP contribution in [0.4, 0.5) is 4.39 Å². The Bertz CT molecular complexity index is 1210. The number of fused-ring (bicyclic) bond motifs is 2. The van der Waals surface area contributed by atoms with Gasteiger partial charge in [-0.2, -0.15) is 4.37 Å². The quantitative estimate of drug-likeness (QED) is 0.561. The Morgan fingerprint density at radius 2 is 2.14 bits per heavy atom. The molecular weight excluding hydrogens is 381 g/mol. The summed E-state index contributed by atoms with van der Waals surface area (Å²) in [6, 6.07) is 4.72. The van der Waals surface area contributed by atoms with Crippen LogP contribution in [0.5, 0.6) is 0 Å². The summed E-state index contributed by atoms with van der Waals surface area (Å²) in [5.41, 5.74) is 0.391. The van der Waals surface area contributed by atoms with Crippen LogP contribution in [-0.2, 0) is 6.54 Å². The highest BCUT2D eigenvalue weighted by molar-refractivity contribution is 7.09. The predicted octanol–water partition coefficient (Wildman–Crippen LogP) is 2.94. The van der Waals surface area contributed by atoms with Crippen LogP contribution in [0.15, 0.2) is 24.4 Å². The van der Waals surface area contributed by atoms with E-state index in [4.69, 9.17) is 0 Å². The SMILES string of the molecule is Cc1nsc(-c2nnc3n2CCN(C(=O)c2ccc4cc[nH]c4c2F)[C@@H]3C)n1. The van der Waals surface area contributed by atoms with E-state index in [0.717, 1.165) is 5.39 Å². The number of aromatic nitrogens is 6. The van der Waals surface area contributed by atoms with Gasteiger partial charge in [-0.1, -0.05) is 6.07 Å². The number of aryl methyl sites for hydroxylation is 1. The van der Waals surface area contributed by atoms with Gasteiger partial charge in [0.2, 0.25) is 0 Å². The third-order valence-corrected chi connectivity index (χ3v) is 5.86. The summed E-state index contributed by atoms with van der Waals surface area (Å²) < 4.78 is 21.0. The van der Waals surface area contributed by atoms with E-state index in [1.54, 1.807) is 23.2 Å². The molecule has 0 spiro atoms. The van der Waals surface area contributed by atoms with Gasteiger partial charge in [0.05, 0.1) is 17.1 Å². The molecule has 1 atom stereocenters. The highest BCUT2D eigenvalue weighted by Crippen LogP contribution is 2.31. The minimum Gasteiger partial charge on any atom is -0.359 e. The highest BCUT2D eigenvalue weighted by atomic mass is 32.1. The number of benzene rings is 1. The van der Waals surface area contributed by atoms with Crippen molar-refractivity contribution in [2.75, 3.05) is 6.54 Å². The van der Waals surface area contributed by atoms with Gasteiger partial charge >= 0.3 is 0 Å². The maximum Gasteiger partial charge on any atom is 0.257 e. The fraction of sp³-hybridized carbons (Fsp3) is 0.278. The number of hydrogen-bond acceptors (Lipinski definition) is 6. The van der Waals surface area contributed by atoms with Gasteiger partial charge in [0.25, 0.3) is 5.91 Å². The minimum atomic E-state index is -0.531. The molecule has 1 aliphatic rings. The molecule has 0 fully saturated rings. The van der Waals surface area contributed by atoms with E-state index < -0.39 is 5.82 Å². The third kappa shape index (κ3) is 2.44. The summed E-state index contributed by atoms with van der Waals surface area (Å²) in [4.78, 5) is 21.9. The van der Waals surface area contributed by atoms with Crippen molar-refractivity contribution in [3.63, 3.8) is 0 Å². The van der Waals surface area contributed by atoms with Gasteiger partial charge in [-0.05, 0) is 37.5 Å². The molecular formula is C18H16FN7OS. The van der Waals surface area contributed by atoms with Crippen LogP contribution in [0.25, 0.3) is 21.7 Å². The van der Waals surface area contributed by atoms with Crippen LogP contribution < -0.4 is 0 Å². The number of H-pyrrole nitrogens is 1. The van der Waals surface area contributed by atoms with Crippen molar-refractivity contribution in [2.24, 2.45) is 0 Å². The van der Waals surface area contributed by atoms with Crippen molar-refractivity contribution >= 4 is 28.3 Å². The number of aromatic amines is 1. The molecule has 10 heteroatoms. The summed E-state index contributed by atoms with van der Waals surface area (Å²) in [6.07, 6.45) is 1.66. The molecule has 1 N–H and O–H groups in total. The topological polar surface area (TPSA) is 92.6 Å². The van der Waals surface area contributed by atoms with E-state index in [9.17, 15) is 9.18 Å². The number of halogens is 1. The van der Waals surface area contributed by atoms with Gasteiger partial charge in [-0.3, -0.25) is 4.79 Å². The molecule has 4 aromatic rings. The second-order valence-corrected chi connectivity index (χ2v) is 7.48. The van der Waals surface area contributed by atoms with Crippen LogP contribution >= 0.6 is 11.5 Å². The van der Waals surface area contributed by atoms with Gasteiger partial charge < -0.3 is 14.5 Å².